The molecule has 0 aliphatic heterocycles. The second kappa shape index (κ2) is 9.54. The molecule has 0 aliphatic rings. The predicted molar refractivity (Wildman–Crippen MR) is 111 cm³/mol. The van der Waals surface area contributed by atoms with Crippen LogP contribution in [0.1, 0.15) is 29.8 Å². The number of nitrogens with zero attached hydrogens (tertiary/aromatic N) is 2. The van der Waals surface area contributed by atoms with Gasteiger partial charge in [-0.1, -0.05) is 18.2 Å². The first-order chi connectivity index (χ1) is 14.1. The van der Waals surface area contributed by atoms with Crippen LogP contribution in [0.4, 0.5) is 0 Å². The van der Waals surface area contributed by atoms with E-state index in [0.717, 1.165) is 16.5 Å². The molecule has 1 amide bonds. The second-order valence-corrected chi connectivity index (χ2v) is 6.19. The molecule has 29 heavy (non-hydrogen) atoms. The van der Waals surface area contributed by atoms with Gasteiger partial charge in [0, 0.05) is 28.2 Å². The molecule has 0 spiro atoms. The largest absolute Gasteiger partial charge is 0.494 e. The molecule has 7 heteroatoms. The number of ether oxygens (including phenoxy) is 2. The molecule has 0 atom stereocenters. The highest BCUT2D eigenvalue weighted by atomic mass is 16.5. The Hall–Kier alpha value is -3.61. The van der Waals surface area contributed by atoms with E-state index in [2.05, 4.69) is 10.5 Å². The summed E-state index contributed by atoms with van der Waals surface area (Å²) in [5, 5.41) is 5.00. The Bertz CT molecular complexity index is 1020. The molecule has 1 N–H and O–H groups in total. The molecule has 0 bridgehead atoms. The van der Waals surface area contributed by atoms with Crippen LogP contribution in [0.3, 0.4) is 0 Å². The van der Waals surface area contributed by atoms with Crippen molar-refractivity contribution >= 4 is 29.0 Å². The number of hydrogen-bond acceptors (Lipinski definition) is 5. The molecule has 150 valence electrons. The molecule has 0 saturated heterocycles. The number of hydrogen-bond donors (Lipinski definition) is 1. The second-order valence-electron chi connectivity index (χ2n) is 6.19. The van der Waals surface area contributed by atoms with E-state index in [0.29, 0.717) is 24.5 Å². The Kier molecular flexibility index (Phi) is 6.63. The Balaban J connectivity index is 1.73. The zero-order valence-electron chi connectivity index (χ0n) is 16.4. The van der Waals surface area contributed by atoms with Crippen molar-refractivity contribution in [3.05, 3.63) is 65.9 Å². The Morgan fingerprint density at radius 2 is 1.83 bits per heavy atom. The van der Waals surface area contributed by atoms with Crippen LogP contribution in [0.15, 0.2) is 59.8 Å². The number of fused-ring (bicyclic) bond motifs is 1. The number of nitrogens with one attached hydrogen (secondary N) is 1. The molecular formula is C22H23N3O4. The van der Waals surface area contributed by atoms with Crippen molar-refractivity contribution < 1.29 is 19.1 Å². The minimum atomic E-state index is -0.320. The lowest BCUT2D eigenvalue weighted by atomic mass is 10.2. The standard InChI is InChI=1S/C22H23N3O4/c1-3-28-18-11-9-16(10-12-18)22(27)24-23-13-17-14-25(15-21(26)29-4-2)20-8-6-5-7-19(17)20/h5-14H,3-4,15H2,1-2H3,(H,24,27)/b23-13-. The van der Waals surface area contributed by atoms with Crippen LogP contribution in [-0.2, 0) is 16.1 Å². The summed E-state index contributed by atoms with van der Waals surface area (Å²) in [5.74, 6) is 0.0852. The van der Waals surface area contributed by atoms with Gasteiger partial charge in [0.05, 0.1) is 19.4 Å². The van der Waals surface area contributed by atoms with Gasteiger partial charge in [-0.05, 0) is 44.2 Å². The van der Waals surface area contributed by atoms with E-state index in [4.69, 9.17) is 9.47 Å². The summed E-state index contributed by atoms with van der Waals surface area (Å²) >= 11 is 0. The fourth-order valence-electron chi connectivity index (χ4n) is 2.95. The summed E-state index contributed by atoms with van der Waals surface area (Å²) in [6.07, 6.45) is 3.38. The molecule has 7 nitrogen and oxygen atoms in total. The average Bonchev–Trinajstić information content (AvgIpc) is 3.06. The summed E-state index contributed by atoms with van der Waals surface area (Å²) in [5.41, 5.74) is 4.68. The summed E-state index contributed by atoms with van der Waals surface area (Å²) in [4.78, 5) is 24.1. The number of rotatable bonds is 8. The third-order valence-corrected chi connectivity index (χ3v) is 4.22. The zero-order valence-corrected chi connectivity index (χ0v) is 16.4. The number of carbonyl (C=O) groups is 2. The molecule has 0 radical (unpaired) electrons. The van der Waals surface area contributed by atoms with Crippen LogP contribution in [0.5, 0.6) is 5.75 Å². The van der Waals surface area contributed by atoms with Gasteiger partial charge in [-0.2, -0.15) is 5.10 Å². The van der Waals surface area contributed by atoms with E-state index in [-0.39, 0.29) is 18.4 Å². The minimum absolute atomic E-state index is 0.112. The summed E-state index contributed by atoms with van der Waals surface area (Å²) in [6.45, 7) is 4.69. The van der Waals surface area contributed by atoms with Crippen molar-refractivity contribution in [2.45, 2.75) is 20.4 Å². The lowest BCUT2D eigenvalue weighted by Gasteiger charge is -2.04. The topological polar surface area (TPSA) is 81.9 Å². The van der Waals surface area contributed by atoms with Crippen molar-refractivity contribution in [2.24, 2.45) is 5.10 Å². The van der Waals surface area contributed by atoms with Crippen LogP contribution in [0.2, 0.25) is 0 Å². The van der Waals surface area contributed by atoms with E-state index < -0.39 is 0 Å². The Morgan fingerprint density at radius 3 is 2.55 bits per heavy atom. The number of carbonyl (C=O) groups excluding carboxylic acids is 2. The van der Waals surface area contributed by atoms with Crippen molar-refractivity contribution in [2.75, 3.05) is 13.2 Å². The number of para-hydroxylation sites is 1. The van der Waals surface area contributed by atoms with Gasteiger partial charge in [-0.15, -0.1) is 0 Å². The number of amides is 1. The maximum atomic E-state index is 12.3. The summed E-state index contributed by atoms with van der Waals surface area (Å²) in [6, 6.07) is 14.5. The van der Waals surface area contributed by atoms with Gasteiger partial charge >= 0.3 is 5.97 Å². The number of esters is 1. The van der Waals surface area contributed by atoms with E-state index in [9.17, 15) is 9.59 Å². The van der Waals surface area contributed by atoms with Crippen LogP contribution >= 0.6 is 0 Å². The zero-order chi connectivity index (χ0) is 20.6. The van der Waals surface area contributed by atoms with Gasteiger partial charge in [0.2, 0.25) is 0 Å². The van der Waals surface area contributed by atoms with Gasteiger partial charge in [-0.25, -0.2) is 5.43 Å². The lowest BCUT2D eigenvalue weighted by molar-refractivity contribution is -0.143. The van der Waals surface area contributed by atoms with Gasteiger partial charge in [-0.3, -0.25) is 9.59 Å². The highest BCUT2D eigenvalue weighted by Crippen LogP contribution is 2.20. The molecule has 1 heterocycles. The first-order valence-corrected chi connectivity index (χ1v) is 9.42. The van der Waals surface area contributed by atoms with Crippen molar-refractivity contribution in [1.29, 1.82) is 0 Å². The van der Waals surface area contributed by atoms with Crippen molar-refractivity contribution in [3.63, 3.8) is 0 Å². The number of hydrazone groups is 1. The smallest absolute Gasteiger partial charge is 0.325 e. The van der Waals surface area contributed by atoms with Gasteiger partial charge in [0.1, 0.15) is 12.3 Å². The first kappa shape index (κ1) is 20.1. The van der Waals surface area contributed by atoms with Crippen LogP contribution in [-0.4, -0.2) is 35.9 Å². The van der Waals surface area contributed by atoms with E-state index in [1.54, 1.807) is 37.4 Å². The van der Waals surface area contributed by atoms with Crippen molar-refractivity contribution in [1.82, 2.24) is 9.99 Å². The first-order valence-electron chi connectivity index (χ1n) is 9.42. The van der Waals surface area contributed by atoms with Gasteiger partial charge < -0.3 is 14.0 Å². The predicted octanol–water partition coefficient (Wildman–Crippen LogP) is 3.37. The number of benzene rings is 2. The van der Waals surface area contributed by atoms with Crippen LogP contribution in [0, 0.1) is 0 Å². The molecule has 3 aromatic rings. The van der Waals surface area contributed by atoms with Crippen LogP contribution < -0.4 is 10.2 Å². The molecule has 0 saturated carbocycles. The summed E-state index contributed by atoms with van der Waals surface area (Å²) < 4.78 is 12.2. The van der Waals surface area contributed by atoms with Crippen molar-refractivity contribution in [3.8, 4) is 5.75 Å². The van der Waals surface area contributed by atoms with E-state index in [1.807, 2.05) is 42.0 Å². The molecule has 0 fully saturated rings. The third kappa shape index (κ3) is 5.01. The molecule has 1 aromatic heterocycles. The fraction of sp³-hybridized carbons (Fsp3) is 0.227. The molecular weight excluding hydrogens is 370 g/mol. The Labute approximate surface area is 168 Å². The maximum absolute atomic E-state index is 12.3. The maximum Gasteiger partial charge on any atom is 0.325 e. The van der Waals surface area contributed by atoms with Crippen LogP contribution in [0.25, 0.3) is 10.9 Å². The highest BCUT2D eigenvalue weighted by molar-refractivity contribution is 6.01. The molecule has 3 rings (SSSR count). The van der Waals surface area contributed by atoms with Gasteiger partial charge in [0.25, 0.3) is 5.91 Å². The highest BCUT2D eigenvalue weighted by Gasteiger charge is 2.11. The quantitative estimate of drug-likeness (QED) is 0.361. The Morgan fingerprint density at radius 1 is 1.07 bits per heavy atom. The van der Waals surface area contributed by atoms with Gasteiger partial charge in [0.15, 0.2) is 0 Å². The minimum Gasteiger partial charge on any atom is -0.494 e. The van der Waals surface area contributed by atoms with E-state index in [1.165, 1.54) is 0 Å². The monoisotopic (exact) mass is 393 g/mol. The summed E-state index contributed by atoms with van der Waals surface area (Å²) in [7, 11) is 0. The molecule has 0 aliphatic carbocycles. The normalized spacial score (nSPS) is 11.0. The third-order valence-electron chi connectivity index (χ3n) is 4.22. The van der Waals surface area contributed by atoms with E-state index >= 15 is 0 Å². The average molecular weight is 393 g/mol. The SMILES string of the molecule is CCOC(=O)Cn1cc(/C=N\NC(=O)c2ccc(OCC)cc2)c2ccccc21. The fourth-order valence-corrected chi connectivity index (χ4v) is 2.95. The lowest BCUT2D eigenvalue weighted by Crippen LogP contribution is -2.17. The number of aromatic nitrogens is 1. The molecule has 2 aromatic carbocycles. The molecule has 0 unspecified atom stereocenters.